The molecule has 1 atom stereocenters. The first kappa shape index (κ1) is 18.4. The minimum Gasteiger partial charge on any atom is -0.493 e. The number of halogens is 1. The van der Waals surface area contributed by atoms with E-state index in [1.54, 1.807) is 20.3 Å². The first-order chi connectivity index (χ1) is 13.6. The third-order valence-electron chi connectivity index (χ3n) is 5.24. The maximum Gasteiger partial charge on any atom is 0.162 e. The van der Waals surface area contributed by atoms with Crippen LogP contribution in [0, 0.1) is 5.82 Å². The van der Waals surface area contributed by atoms with E-state index in [1.807, 2.05) is 18.2 Å². The maximum absolute atomic E-state index is 13.3. The molecule has 1 aliphatic rings. The summed E-state index contributed by atoms with van der Waals surface area (Å²) in [6.07, 6.45) is 2.11. The van der Waals surface area contributed by atoms with E-state index in [0.717, 1.165) is 35.9 Å². The van der Waals surface area contributed by atoms with Crippen molar-refractivity contribution in [2.75, 3.05) is 26.5 Å². The zero-order valence-electron chi connectivity index (χ0n) is 16.0. The molecule has 0 bridgehead atoms. The molecule has 3 aromatic rings. The minimum atomic E-state index is -0.219. The predicted octanol–water partition coefficient (Wildman–Crippen LogP) is 3.71. The van der Waals surface area contributed by atoms with Gasteiger partial charge >= 0.3 is 0 Å². The Morgan fingerprint density at radius 3 is 2.54 bits per heavy atom. The van der Waals surface area contributed by atoms with Gasteiger partial charge in [0.2, 0.25) is 0 Å². The SMILES string of the molecule is COc1cc2nc(CN3CCC[C@H]3c3ccc(F)cc3)nc(N)c2cc1OC. The van der Waals surface area contributed by atoms with Crippen molar-refractivity contribution in [1.82, 2.24) is 14.9 Å². The van der Waals surface area contributed by atoms with Crippen LogP contribution in [0.2, 0.25) is 0 Å². The monoisotopic (exact) mass is 382 g/mol. The highest BCUT2D eigenvalue weighted by molar-refractivity contribution is 5.90. The molecule has 1 aromatic heterocycles. The molecule has 0 unspecified atom stereocenters. The van der Waals surface area contributed by atoms with Crippen molar-refractivity contribution in [2.24, 2.45) is 0 Å². The van der Waals surface area contributed by atoms with Crippen LogP contribution in [0.5, 0.6) is 11.5 Å². The molecule has 1 saturated heterocycles. The Hall–Kier alpha value is -2.93. The number of nitrogens with two attached hydrogens (primary N) is 1. The molecule has 6 nitrogen and oxygen atoms in total. The number of rotatable bonds is 5. The van der Waals surface area contributed by atoms with Crippen molar-refractivity contribution in [3.63, 3.8) is 0 Å². The number of hydrogen-bond acceptors (Lipinski definition) is 6. The number of benzene rings is 2. The fraction of sp³-hybridized carbons (Fsp3) is 0.333. The molecule has 0 radical (unpaired) electrons. The fourth-order valence-corrected chi connectivity index (χ4v) is 3.86. The van der Waals surface area contributed by atoms with Gasteiger partial charge in [0.25, 0.3) is 0 Å². The van der Waals surface area contributed by atoms with E-state index in [4.69, 9.17) is 20.2 Å². The summed E-state index contributed by atoms with van der Waals surface area (Å²) < 4.78 is 24.0. The molecule has 146 valence electrons. The molecule has 0 aliphatic carbocycles. The Kier molecular flexibility index (Phi) is 5.00. The number of hydrogen-bond donors (Lipinski definition) is 1. The van der Waals surface area contributed by atoms with Crippen LogP contribution in [0.25, 0.3) is 10.9 Å². The highest BCUT2D eigenvalue weighted by atomic mass is 19.1. The number of ether oxygens (including phenoxy) is 2. The van der Waals surface area contributed by atoms with E-state index in [1.165, 1.54) is 12.1 Å². The van der Waals surface area contributed by atoms with Gasteiger partial charge in [0.05, 0.1) is 26.3 Å². The fourth-order valence-electron chi connectivity index (χ4n) is 3.86. The van der Waals surface area contributed by atoms with Gasteiger partial charge in [-0.05, 0) is 43.1 Å². The molecule has 0 amide bonds. The van der Waals surface area contributed by atoms with Crippen molar-refractivity contribution >= 4 is 16.7 Å². The number of fused-ring (bicyclic) bond motifs is 1. The van der Waals surface area contributed by atoms with Gasteiger partial charge in [0, 0.05) is 17.5 Å². The van der Waals surface area contributed by atoms with E-state index >= 15 is 0 Å². The molecule has 28 heavy (non-hydrogen) atoms. The number of likely N-dealkylation sites (tertiary alicyclic amines) is 1. The smallest absolute Gasteiger partial charge is 0.162 e. The maximum atomic E-state index is 13.3. The topological polar surface area (TPSA) is 73.5 Å². The Bertz CT molecular complexity index is 994. The summed E-state index contributed by atoms with van der Waals surface area (Å²) in [6, 6.07) is 10.6. The van der Waals surface area contributed by atoms with Gasteiger partial charge in [-0.2, -0.15) is 0 Å². The Morgan fingerprint density at radius 1 is 1.11 bits per heavy atom. The molecular weight excluding hydrogens is 359 g/mol. The van der Waals surface area contributed by atoms with Crippen LogP contribution >= 0.6 is 0 Å². The number of methoxy groups -OCH3 is 2. The standard InChI is InChI=1S/C21H23FN4O2/c1-27-18-10-15-16(11-19(18)28-2)24-20(25-21(15)23)12-26-9-3-4-17(26)13-5-7-14(22)8-6-13/h5-8,10-11,17H,3-4,9,12H2,1-2H3,(H2,23,24,25)/t17-/m0/s1. The van der Waals surface area contributed by atoms with Gasteiger partial charge in [0.15, 0.2) is 11.5 Å². The lowest BCUT2D eigenvalue weighted by molar-refractivity contribution is 0.242. The molecule has 0 spiro atoms. The van der Waals surface area contributed by atoms with E-state index < -0.39 is 0 Å². The quantitative estimate of drug-likeness (QED) is 0.725. The third kappa shape index (κ3) is 3.45. The summed E-state index contributed by atoms with van der Waals surface area (Å²) in [6.45, 7) is 1.52. The summed E-state index contributed by atoms with van der Waals surface area (Å²) in [7, 11) is 3.17. The van der Waals surface area contributed by atoms with Crippen molar-refractivity contribution in [3.05, 3.63) is 53.6 Å². The van der Waals surface area contributed by atoms with E-state index in [0.29, 0.717) is 29.7 Å². The van der Waals surface area contributed by atoms with Crippen LogP contribution in [-0.4, -0.2) is 35.6 Å². The normalized spacial score (nSPS) is 17.2. The number of nitrogen functional groups attached to an aromatic ring is 1. The number of anilines is 1. The van der Waals surface area contributed by atoms with E-state index in [9.17, 15) is 4.39 Å². The molecule has 0 saturated carbocycles. The van der Waals surface area contributed by atoms with Gasteiger partial charge in [-0.15, -0.1) is 0 Å². The lowest BCUT2D eigenvalue weighted by Crippen LogP contribution is -2.24. The first-order valence-corrected chi connectivity index (χ1v) is 9.26. The minimum absolute atomic E-state index is 0.219. The van der Waals surface area contributed by atoms with Gasteiger partial charge in [0.1, 0.15) is 17.5 Å². The largest absolute Gasteiger partial charge is 0.493 e. The summed E-state index contributed by atoms with van der Waals surface area (Å²) in [5.74, 6) is 2.05. The summed E-state index contributed by atoms with van der Waals surface area (Å²) >= 11 is 0. The first-order valence-electron chi connectivity index (χ1n) is 9.26. The lowest BCUT2D eigenvalue weighted by Gasteiger charge is -2.24. The summed E-state index contributed by atoms with van der Waals surface area (Å²) in [5.41, 5.74) is 8.03. The zero-order valence-corrected chi connectivity index (χ0v) is 16.0. The van der Waals surface area contributed by atoms with Crippen molar-refractivity contribution < 1.29 is 13.9 Å². The summed E-state index contributed by atoms with van der Waals surface area (Å²) in [4.78, 5) is 11.5. The summed E-state index contributed by atoms with van der Waals surface area (Å²) in [5, 5.41) is 0.734. The second-order valence-electron chi connectivity index (χ2n) is 6.93. The van der Waals surface area contributed by atoms with E-state index in [-0.39, 0.29) is 11.9 Å². The second-order valence-corrected chi connectivity index (χ2v) is 6.93. The van der Waals surface area contributed by atoms with Crippen LogP contribution in [0.4, 0.5) is 10.2 Å². The molecule has 1 aliphatic heterocycles. The number of aromatic nitrogens is 2. The van der Waals surface area contributed by atoms with Gasteiger partial charge in [-0.1, -0.05) is 12.1 Å². The van der Waals surface area contributed by atoms with Crippen LogP contribution in [-0.2, 0) is 6.54 Å². The van der Waals surface area contributed by atoms with Crippen LogP contribution < -0.4 is 15.2 Å². The van der Waals surface area contributed by atoms with E-state index in [2.05, 4.69) is 9.88 Å². The molecule has 2 heterocycles. The predicted molar refractivity (Wildman–Crippen MR) is 106 cm³/mol. The molecule has 1 fully saturated rings. The highest BCUT2D eigenvalue weighted by Gasteiger charge is 2.27. The molecule has 4 rings (SSSR count). The third-order valence-corrected chi connectivity index (χ3v) is 5.24. The van der Waals surface area contributed by atoms with Gasteiger partial charge in [-0.25, -0.2) is 14.4 Å². The van der Waals surface area contributed by atoms with Crippen molar-refractivity contribution in [2.45, 2.75) is 25.4 Å². The Balaban J connectivity index is 1.64. The Morgan fingerprint density at radius 2 is 1.82 bits per heavy atom. The molecule has 2 aromatic carbocycles. The molecule has 2 N–H and O–H groups in total. The lowest BCUT2D eigenvalue weighted by atomic mass is 10.0. The van der Waals surface area contributed by atoms with Crippen LogP contribution in [0.3, 0.4) is 0 Å². The van der Waals surface area contributed by atoms with Gasteiger partial charge in [-0.3, -0.25) is 4.90 Å². The van der Waals surface area contributed by atoms with Crippen molar-refractivity contribution in [1.29, 1.82) is 0 Å². The van der Waals surface area contributed by atoms with Crippen LogP contribution in [0.1, 0.15) is 30.3 Å². The van der Waals surface area contributed by atoms with Gasteiger partial charge < -0.3 is 15.2 Å². The molecular formula is C21H23FN4O2. The second kappa shape index (κ2) is 7.59. The Labute approximate surface area is 163 Å². The highest BCUT2D eigenvalue weighted by Crippen LogP contribution is 2.35. The van der Waals surface area contributed by atoms with Crippen molar-refractivity contribution in [3.8, 4) is 11.5 Å². The average Bonchev–Trinajstić information content (AvgIpc) is 3.15. The van der Waals surface area contributed by atoms with Crippen LogP contribution in [0.15, 0.2) is 36.4 Å². The zero-order chi connectivity index (χ0) is 19.7. The molecule has 7 heteroatoms. The average molecular weight is 382 g/mol. The number of nitrogens with zero attached hydrogens (tertiary/aromatic N) is 3.